The van der Waals surface area contributed by atoms with E-state index in [0.29, 0.717) is 24.2 Å². The van der Waals surface area contributed by atoms with Gasteiger partial charge in [-0.25, -0.2) is 19.0 Å². The maximum Gasteiger partial charge on any atom is 0.412 e. The summed E-state index contributed by atoms with van der Waals surface area (Å²) in [6.45, 7) is 7.19. The SMILES string of the molecule is CC1=C[C@@H](O)C[C@@H](F)Cc2nc(co2)C(=O)N2CCC[C@@H]2C(=O)O[C@H]([C@@H](C)COC(=O)Nc2cc(C)on2)[C@H](C)/C=C/C(=O)NCC=C1. The Labute approximate surface area is 277 Å². The van der Waals surface area contributed by atoms with Crippen LogP contribution in [0.1, 0.15) is 62.2 Å². The topological polar surface area (TPSA) is 186 Å². The number of allylic oxidation sites excluding steroid dienone is 2. The quantitative estimate of drug-likeness (QED) is 0.401. The number of aliphatic hydroxyl groups is 1. The number of ether oxygens (including phenoxy) is 2. The van der Waals surface area contributed by atoms with Crippen molar-refractivity contribution in [2.45, 2.75) is 77.8 Å². The van der Waals surface area contributed by atoms with Gasteiger partial charge >= 0.3 is 12.1 Å². The summed E-state index contributed by atoms with van der Waals surface area (Å²) in [7, 11) is 0. The highest BCUT2D eigenvalue weighted by Gasteiger charge is 2.39. The van der Waals surface area contributed by atoms with Crippen molar-refractivity contribution in [3.63, 3.8) is 0 Å². The second-order valence-electron chi connectivity index (χ2n) is 12.1. The number of aromatic nitrogens is 2. The van der Waals surface area contributed by atoms with Crippen molar-refractivity contribution in [1.82, 2.24) is 20.4 Å². The molecule has 0 unspecified atom stereocenters. The second-order valence-corrected chi connectivity index (χ2v) is 12.1. The molecule has 2 aliphatic rings. The number of anilines is 1. The fraction of sp³-hybridized carbons (Fsp3) is 0.515. The van der Waals surface area contributed by atoms with Gasteiger partial charge in [0.1, 0.15) is 30.3 Å². The molecule has 3 N–H and O–H groups in total. The standard InChI is InChI=1S/C33H42FN5O9/c1-19-7-5-11-35-28(41)10-9-20(2)30(21(3)17-46-33(44)37-27-14-22(4)48-38-27)47-32(43)26-8-6-12-39(26)31(42)25-18-45-29(36-25)16-23(34)15-24(40)13-19/h5,7,9-10,13-14,18,20-21,23-24,26,30,40H,6,8,11-12,15-17H2,1-4H3,(H,35,41)(H,37,38,44)/b7-5?,10-9+,19-13?/t20-,21+,23-,24-,26-,30+/m1/s1. The van der Waals surface area contributed by atoms with Crippen LogP contribution >= 0.6 is 0 Å². The Balaban J connectivity index is 1.54. The number of cyclic esters (lactones) is 1. The minimum atomic E-state index is -1.50. The van der Waals surface area contributed by atoms with Crippen LogP contribution in [0.2, 0.25) is 0 Å². The normalized spacial score (nSPS) is 26.1. The third kappa shape index (κ3) is 10.4. The molecule has 1 saturated heterocycles. The fourth-order valence-corrected chi connectivity index (χ4v) is 5.50. The summed E-state index contributed by atoms with van der Waals surface area (Å²) in [5.41, 5.74) is 0.590. The van der Waals surface area contributed by atoms with Gasteiger partial charge in [-0.05, 0) is 32.8 Å². The number of alkyl halides is 1. The van der Waals surface area contributed by atoms with Gasteiger partial charge in [-0.15, -0.1) is 0 Å². The molecule has 0 saturated carbocycles. The van der Waals surface area contributed by atoms with Gasteiger partial charge in [0.2, 0.25) is 5.91 Å². The predicted octanol–water partition coefficient (Wildman–Crippen LogP) is 3.83. The first-order valence-corrected chi connectivity index (χ1v) is 15.9. The highest BCUT2D eigenvalue weighted by Crippen LogP contribution is 2.26. The van der Waals surface area contributed by atoms with Crippen LogP contribution in [0.25, 0.3) is 0 Å². The molecule has 2 bridgehead atoms. The molecular weight excluding hydrogens is 629 g/mol. The van der Waals surface area contributed by atoms with Gasteiger partial charge < -0.3 is 33.7 Å². The van der Waals surface area contributed by atoms with E-state index in [9.17, 15) is 28.7 Å². The molecule has 0 aliphatic carbocycles. The van der Waals surface area contributed by atoms with E-state index in [-0.39, 0.29) is 49.9 Å². The van der Waals surface area contributed by atoms with Crippen molar-refractivity contribution in [2.75, 3.05) is 25.0 Å². The highest BCUT2D eigenvalue weighted by molar-refractivity contribution is 5.95. The summed E-state index contributed by atoms with van der Waals surface area (Å²) in [6, 6.07) is 0.590. The number of hydrogen-bond donors (Lipinski definition) is 3. The number of nitrogens with zero attached hydrogens (tertiary/aromatic N) is 3. The number of amides is 3. The molecule has 1 fully saturated rings. The van der Waals surface area contributed by atoms with E-state index >= 15 is 0 Å². The predicted molar refractivity (Wildman–Crippen MR) is 169 cm³/mol. The van der Waals surface area contributed by atoms with Gasteiger partial charge in [0.25, 0.3) is 5.91 Å². The summed E-state index contributed by atoms with van der Waals surface area (Å²) in [5.74, 6) is -2.03. The Morgan fingerprint density at radius 3 is 2.81 bits per heavy atom. The van der Waals surface area contributed by atoms with Gasteiger partial charge in [0.05, 0.1) is 19.1 Å². The molecule has 2 aromatic heterocycles. The molecule has 3 amide bonds. The molecule has 4 heterocycles. The average Bonchev–Trinajstić information content (AvgIpc) is 3.80. The third-order valence-corrected chi connectivity index (χ3v) is 7.90. The van der Waals surface area contributed by atoms with Crippen LogP contribution in [0, 0.1) is 18.8 Å². The lowest BCUT2D eigenvalue weighted by atomic mass is 9.93. The maximum atomic E-state index is 14.8. The Morgan fingerprint density at radius 2 is 2.06 bits per heavy atom. The summed E-state index contributed by atoms with van der Waals surface area (Å²) in [6.07, 6.45) is 5.08. The Hall–Kier alpha value is -4.79. The Kier molecular flexibility index (Phi) is 12.7. The molecular formula is C33H42FN5O9. The van der Waals surface area contributed by atoms with Crippen molar-refractivity contribution in [3.05, 3.63) is 65.6 Å². The number of carbonyl (C=O) groups excluding carboxylic acids is 4. The minimum absolute atomic E-state index is 0.0108. The van der Waals surface area contributed by atoms with Crippen LogP contribution in [-0.4, -0.2) is 88.1 Å². The lowest BCUT2D eigenvalue weighted by molar-refractivity contribution is -0.159. The van der Waals surface area contributed by atoms with Crippen molar-refractivity contribution in [2.24, 2.45) is 11.8 Å². The first-order valence-electron chi connectivity index (χ1n) is 15.9. The summed E-state index contributed by atoms with van der Waals surface area (Å²) >= 11 is 0. The van der Waals surface area contributed by atoms with E-state index < -0.39 is 60.1 Å². The highest BCUT2D eigenvalue weighted by atomic mass is 19.1. The molecule has 14 nitrogen and oxygen atoms in total. The average molecular weight is 672 g/mol. The monoisotopic (exact) mass is 671 g/mol. The van der Waals surface area contributed by atoms with E-state index in [1.807, 2.05) is 0 Å². The van der Waals surface area contributed by atoms with Gasteiger partial charge in [-0.3, -0.25) is 14.9 Å². The van der Waals surface area contributed by atoms with E-state index in [2.05, 4.69) is 20.8 Å². The van der Waals surface area contributed by atoms with Crippen LogP contribution in [0.5, 0.6) is 0 Å². The smallest absolute Gasteiger partial charge is 0.412 e. The number of nitrogens with one attached hydrogen (secondary N) is 2. The van der Waals surface area contributed by atoms with Crippen molar-refractivity contribution >= 4 is 29.7 Å². The fourth-order valence-electron chi connectivity index (χ4n) is 5.50. The largest absolute Gasteiger partial charge is 0.460 e. The van der Waals surface area contributed by atoms with Crippen LogP contribution in [0.15, 0.2) is 57.2 Å². The zero-order valence-electron chi connectivity index (χ0n) is 27.4. The molecule has 0 spiro atoms. The zero-order chi connectivity index (χ0) is 34.8. The molecule has 48 heavy (non-hydrogen) atoms. The van der Waals surface area contributed by atoms with Crippen LogP contribution in [0.4, 0.5) is 15.0 Å². The first-order chi connectivity index (χ1) is 22.9. The lowest BCUT2D eigenvalue weighted by Gasteiger charge is -2.30. The summed E-state index contributed by atoms with van der Waals surface area (Å²) < 4.78 is 36.4. The van der Waals surface area contributed by atoms with Crippen molar-refractivity contribution < 1.29 is 47.1 Å². The number of aliphatic hydroxyl groups excluding tert-OH is 1. The molecule has 260 valence electrons. The number of aryl methyl sites for hydroxylation is 1. The second kappa shape index (κ2) is 16.9. The zero-order valence-corrected chi connectivity index (χ0v) is 27.4. The Bertz CT molecular complexity index is 1530. The number of rotatable bonds is 4. The molecule has 4 rings (SSSR count). The number of esters is 1. The van der Waals surface area contributed by atoms with E-state index in [1.165, 1.54) is 23.1 Å². The Morgan fingerprint density at radius 1 is 1.27 bits per heavy atom. The lowest BCUT2D eigenvalue weighted by Crippen LogP contribution is -2.44. The molecule has 15 heteroatoms. The van der Waals surface area contributed by atoms with Gasteiger partial charge in [-0.2, -0.15) is 0 Å². The number of halogens is 1. The van der Waals surface area contributed by atoms with E-state index in [0.717, 1.165) is 6.26 Å². The first kappa shape index (κ1) is 36.1. The van der Waals surface area contributed by atoms with Gasteiger partial charge in [0.15, 0.2) is 17.4 Å². The molecule has 2 aromatic rings. The van der Waals surface area contributed by atoms with Crippen LogP contribution in [0.3, 0.4) is 0 Å². The third-order valence-electron chi connectivity index (χ3n) is 7.90. The molecule has 0 aromatic carbocycles. The summed E-state index contributed by atoms with van der Waals surface area (Å²) in [4.78, 5) is 57.5. The van der Waals surface area contributed by atoms with Gasteiger partial charge in [-0.1, -0.05) is 48.9 Å². The van der Waals surface area contributed by atoms with Gasteiger partial charge in [0, 0.05) is 37.4 Å². The molecule has 0 radical (unpaired) electrons. The van der Waals surface area contributed by atoms with Crippen LogP contribution in [-0.2, 0) is 25.5 Å². The molecule has 6 atom stereocenters. The minimum Gasteiger partial charge on any atom is -0.460 e. The maximum absolute atomic E-state index is 14.8. The molecule has 2 aliphatic heterocycles. The summed E-state index contributed by atoms with van der Waals surface area (Å²) in [5, 5.41) is 19.2. The number of hydrogen-bond acceptors (Lipinski definition) is 11. The van der Waals surface area contributed by atoms with E-state index in [1.54, 1.807) is 45.9 Å². The van der Waals surface area contributed by atoms with Crippen LogP contribution < -0.4 is 10.6 Å². The number of carbonyl (C=O) groups is 4. The number of fused-ring (bicyclic) bond motifs is 3. The number of oxazole rings is 1. The van der Waals surface area contributed by atoms with Crippen molar-refractivity contribution in [3.8, 4) is 0 Å². The van der Waals surface area contributed by atoms with Crippen molar-refractivity contribution in [1.29, 1.82) is 0 Å². The van der Waals surface area contributed by atoms with E-state index in [4.69, 9.17) is 18.4 Å².